The molecule has 0 aliphatic heterocycles. The topological polar surface area (TPSA) is 62.0 Å². The van der Waals surface area contributed by atoms with Crippen LogP contribution in [0.2, 0.25) is 0 Å². The van der Waals surface area contributed by atoms with Gasteiger partial charge in [-0.1, -0.05) is 48.5 Å². The van der Waals surface area contributed by atoms with E-state index in [1.165, 1.54) is 0 Å². The molecular weight excluding hydrogens is 312 g/mol. The molecule has 0 fully saturated rings. The number of fused-ring (bicyclic) bond motifs is 1. The van der Waals surface area contributed by atoms with Crippen LogP contribution in [0.3, 0.4) is 0 Å². The Morgan fingerprint density at radius 2 is 1.80 bits per heavy atom. The van der Waals surface area contributed by atoms with E-state index in [1.807, 2.05) is 67.6 Å². The third kappa shape index (κ3) is 4.23. The molecule has 0 radical (unpaired) electrons. The molecule has 0 spiro atoms. The Bertz CT molecular complexity index is 972. The first-order valence-electron chi connectivity index (χ1n) is 8.26. The van der Waals surface area contributed by atoms with Gasteiger partial charge in [0.15, 0.2) is 0 Å². The van der Waals surface area contributed by atoms with Gasteiger partial charge < -0.3 is 10.3 Å². The van der Waals surface area contributed by atoms with Crippen molar-refractivity contribution in [3.8, 4) is 0 Å². The van der Waals surface area contributed by atoms with E-state index >= 15 is 0 Å². The zero-order valence-electron chi connectivity index (χ0n) is 14.1. The zero-order chi connectivity index (χ0) is 17.6. The number of para-hydroxylation sites is 1. The minimum absolute atomic E-state index is 0.107. The van der Waals surface area contributed by atoms with Crippen molar-refractivity contribution in [2.75, 3.05) is 6.54 Å². The molecule has 4 nitrogen and oxygen atoms in total. The van der Waals surface area contributed by atoms with Crippen molar-refractivity contribution in [1.29, 1.82) is 0 Å². The summed E-state index contributed by atoms with van der Waals surface area (Å²) < 4.78 is 0. The fourth-order valence-corrected chi connectivity index (χ4v) is 2.73. The molecule has 126 valence electrons. The van der Waals surface area contributed by atoms with Crippen LogP contribution in [0.5, 0.6) is 0 Å². The quantitative estimate of drug-likeness (QED) is 0.704. The Morgan fingerprint density at radius 3 is 2.60 bits per heavy atom. The third-order valence-electron chi connectivity index (χ3n) is 4.10. The van der Waals surface area contributed by atoms with Gasteiger partial charge in [0.1, 0.15) is 0 Å². The van der Waals surface area contributed by atoms with Gasteiger partial charge in [0.25, 0.3) is 5.56 Å². The first kappa shape index (κ1) is 16.7. The third-order valence-corrected chi connectivity index (χ3v) is 4.10. The fraction of sp³-hybridized carbons (Fsp3) is 0.143. The van der Waals surface area contributed by atoms with Crippen molar-refractivity contribution in [3.63, 3.8) is 0 Å². The van der Waals surface area contributed by atoms with Crippen molar-refractivity contribution in [1.82, 2.24) is 10.3 Å². The molecule has 0 aliphatic rings. The molecule has 2 N–H and O–H groups in total. The largest absolute Gasteiger partial charge is 0.352 e. The summed E-state index contributed by atoms with van der Waals surface area (Å²) in [5.74, 6) is -0.154. The standard InChI is InChI=1S/C21H20N2O2/c1-15(16-7-3-2-4-8-16)13-20(24)22-12-11-18-14-17-9-5-6-10-19(17)23-21(18)25/h2-10,13-14H,11-12H2,1H3,(H,22,24)(H,23,25)/b15-13+. The summed E-state index contributed by atoms with van der Waals surface area (Å²) in [6, 6.07) is 19.3. The summed E-state index contributed by atoms with van der Waals surface area (Å²) in [5.41, 5.74) is 3.30. The summed E-state index contributed by atoms with van der Waals surface area (Å²) in [7, 11) is 0. The number of rotatable bonds is 5. The maximum absolute atomic E-state index is 12.1. The molecule has 0 unspecified atom stereocenters. The monoisotopic (exact) mass is 332 g/mol. The predicted molar refractivity (Wildman–Crippen MR) is 101 cm³/mol. The van der Waals surface area contributed by atoms with E-state index in [0.29, 0.717) is 18.5 Å². The number of carbonyl (C=O) groups excluding carboxylic acids is 1. The van der Waals surface area contributed by atoms with Crippen LogP contribution in [0.1, 0.15) is 18.1 Å². The SMILES string of the molecule is C/C(=C\C(=O)NCCc1cc2ccccc2[nH]c1=O)c1ccccc1. The number of amides is 1. The normalized spacial score (nSPS) is 11.5. The Morgan fingerprint density at radius 1 is 1.08 bits per heavy atom. The predicted octanol–water partition coefficient (Wildman–Crippen LogP) is 3.29. The smallest absolute Gasteiger partial charge is 0.251 e. The average Bonchev–Trinajstić information content (AvgIpc) is 2.63. The second-order valence-electron chi connectivity index (χ2n) is 5.95. The van der Waals surface area contributed by atoms with Gasteiger partial charge in [0.2, 0.25) is 5.91 Å². The van der Waals surface area contributed by atoms with Crippen molar-refractivity contribution >= 4 is 22.4 Å². The molecule has 0 saturated heterocycles. The highest BCUT2D eigenvalue weighted by Gasteiger charge is 2.04. The molecule has 25 heavy (non-hydrogen) atoms. The second kappa shape index (κ2) is 7.62. The van der Waals surface area contributed by atoms with Crippen LogP contribution < -0.4 is 10.9 Å². The molecule has 1 heterocycles. The van der Waals surface area contributed by atoms with Crippen molar-refractivity contribution in [2.45, 2.75) is 13.3 Å². The highest BCUT2D eigenvalue weighted by molar-refractivity contribution is 5.94. The number of hydrogen-bond donors (Lipinski definition) is 2. The Labute approximate surface area is 146 Å². The molecule has 3 aromatic rings. The van der Waals surface area contributed by atoms with Gasteiger partial charge >= 0.3 is 0 Å². The molecule has 0 bridgehead atoms. The average molecular weight is 332 g/mol. The molecule has 3 rings (SSSR count). The lowest BCUT2D eigenvalue weighted by Crippen LogP contribution is -2.26. The minimum atomic E-state index is -0.154. The lowest BCUT2D eigenvalue weighted by Gasteiger charge is -2.05. The molecule has 2 aromatic carbocycles. The Hall–Kier alpha value is -3.14. The van der Waals surface area contributed by atoms with Crippen molar-refractivity contribution in [3.05, 3.63) is 88.2 Å². The summed E-state index contributed by atoms with van der Waals surface area (Å²) in [5, 5.41) is 3.83. The summed E-state index contributed by atoms with van der Waals surface area (Å²) in [6.45, 7) is 2.32. The maximum atomic E-state index is 12.1. The van der Waals surface area contributed by atoms with E-state index < -0.39 is 0 Å². The number of allylic oxidation sites excluding steroid dienone is 1. The van der Waals surface area contributed by atoms with Crippen molar-refractivity contribution in [2.24, 2.45) is 0 Å². The number of aromatic nitrogens is 1. The minimum Gasteiger partial charge on any atom is -0.352 e. The van der Waals surface area contributed by atoms with E-state index in [0.717, 1.165) is 22.0 Å². The number of hydrogen-bond acceptors (Lipinski definition) is 2. The van der Waals surface area contributed by atoms with Gasteiger partial charge in [0.05, 0.1) is 0 Å². The molecule has 0 aliphatic carbocycles. The van der Waals surface area contributed by atoms with E-state index in [-0.39, 0.29) is 11.5 Å². The lowest BCUT2D eigenvalue weighted by molar-refractivity contribution is -0.116. The zero-order valence-corrected chi connectivity index (χ0v) is 14.1. The number of aromatic amines is 1. The first-order chi connectivity index (χ1) is 12.1. The summed E-state index contributed by atoms with van der Waals surface area (Å²) in [4.78, 5) is 27.0. The molecule has 0 saturated carbocycles. The highest BCUT2D eigenvalue weighted by atomic mass is 16.1. The van der Waals surface area contributed by atoms with Gasteiger partial charge in [0, 0.05) is 23.7 Å². The van der Waals surface area contributed by atoms with Gasteiger partial charge in [-0.15, -0.1) is 0 Å². The number of pyridine rings is 1. The van der Waals surface area contributed by atoms with Crippen LogP contribution in [0.4, 0.5) is 0 Å². The van der Waals surface area contributed by atoms with Gasteiger partial charge in [-0.2, -0.15) is 0 Å². The molecule has 1 aromatic heterocycles. The maximum Gasteiger partial charge on any atom is 0.251 e. The van der Waals surface area contributed by atoms with Crippen LogP contribution in [0.15, 0.2) is 71.5 Å². The number of H-pyrrole nitrogens is 1. The number of benzene rings is 2. The van der Waals surface area contributed by atoms with Gasteiger partial charge in [-0.3, -0.25) is 9.59 Å². The fourth-order valence-electron chi connectivity index (χ4n) is 2.73. The van der Waals surface area contributed by atoms with E-state index in [1.54, 1.807) is 6.08 Å². The molecule has 4 heteroatoms. The van der Waals surface area contributed by atoms with Crippen LogP contribution in [0, 0.1) is 0 Å². The van der Waals surface area contributed by atoms with Crippen LogP contribution >= 0.6 is 0 Å². The van der Waals surface area contributed by atoms with E-state index in [4.69, 9.17) is 0 Å². The van der Waals surface area contributed by atoms with E-state index in [9.17, 15) is 9.59 Å². The lowest BCUT2D eigenvalue weighted by atomic mass is 10.1. The molecule has 0 atom stereocenters. The van der Waals surface area contributed by atoms with Crippen molar-refractivity contribution < 1.29 is 4.79 Å². The Kier molecular flexibility index (Phi) is 5.09. The van der Waals surface area contributed by atoms with Crippen LogP contribution in [-0.2, 0) is 11.2 Å². The number of nitrogens with one attached hydrogen (secondary N) is 2. The van der Waals surface area contributed by atoms with Crippen LogP contribution in [0.25, 0.3) is 16.5 Å². The second-order valence-corrected chi connectivity index (χ2v) is 5.95. The summed E-state index contributed by atoms with van der Waals surface area (Å²) >= 11 is 0. The number of carbonyl (C=O) groups is 1. The summed E-state index contributed by atoms with van der Waals surface area (Å²) in [6.07, 6.45) is 2.07. The van der Waals surface area contributed by atoms with Gasteiger partial charge in [-0.25, -0.2) is 0 Å². The molecular formula is C21H20N2O2. The highest BCUT2D eigenvalue weighted by Crippen LogP contribution is 2.12. The first-order valence-corrected chi connectivity index (χ1v) is 8.26. The van der Waals surface area contributed by atoms with E-state index in [2.05, 4.69) is 10.3 Å². The van der Waals surface area contributed by atoms with Crippen LogP contribution in [-0.4, -0.2) is 17.4 Å². The Balaban J connectivity index is 1.62. The molecule has 1 amide bonds. The van der Waals surface area contributed by atoms with Gasteiger partial charge in [-0.05, 0) is 42.0 Å².